The van der Waals surface area contributed by atoms with E-state index >= 15 is 0 Å². The molecule has 0 fully saturated rings. The molecule has 0 radical (unpaired) electrons. The van der Waals surface area contributed by atoms with E-state index in [1.165, 1.54) is 7.05 Å². The number of hydrogen-bond donors (Lipinski definition) is 2. The van der Waals surface area contributed by atoms with Crippen molar-refractivity contribution in [2.45, 2.75) is 25.8 Å². The molecule has 16 heavy (non-hydrogen) atoms. The summed E-state index contributed by atoms with van der Waals surface area (Å²) in [6, 6.07) is -0.461. The Morgan fingerprint density at radius 1 is 1.50 bits per heavy atom. The van der Waals surface area contributed by atoms with Crippen molar-refractivity contribution in [3.63, 3.8) is 0 Å². The van der Waals surface area contributed by atoms with E-state index in [0.717, 1.165) is 17.7 Å². The van der Waals surface area contributed by atoms with Gasteiger partial charge in [0.15, 0.2) is 0 Å². The third kappa shape index (κ3) is 6.23. The van der Waals surface area contributed by atoms with Crippen LogP contribution in [-0.4, -0.2) is 55.4 Å². The fraction of sp³-hybridized carbons (Fsp3) is 0.800. The monoisotopic (exact) mass is 232 g/mol. The maximum atomic E-state index is 11.5. The second kappa shape index (κ2) is 7.92. The number of carboxylic acid groups (broad SMARTS) is 1. The highest BCUT2D eigenvalue weighted by Crippen LogP contribution is 1.98. The van der Waals surface area contributed by atoms with E-state index in [9.17, 15) is 9.59 Å². The Balaban J connectivity index is 4.11. The zero-order valence-corrected chi connectivity index (χ0v) is 10.0. The second-order valence-corrected chi connectivity index (χ2v) is 3.64. The van der Waals surface area contributed by atoms with Crippen molar-refractivity contribution >= 4 is 12.0 Å². The highest BCUT2D eigenvalue weighted by atomic mass is 16.5. The van der Waals surface area contributed by atoms with Crippen molar-refractivity contribution in [2.75, 3.05) is 27.3 Å². The normalized spacial score (nSPS) is 11.9. The average molecular weight is 232 g/mol. The molecule has 0 saturated carbocycles. The summed E-state index contributed by atoms with van der Waals surface area (Å²) in [4.78, 5) is 23.1. The molecule has 0 aromatic carbocycles. The highest BCUT2D eigenvalue weighted by Gasteiger charge is 2.16. The van der Waals surface area contributed by atoms with E-state index in [2.05, 4.69) is 5.32 Å². The van der Waals surface area contributed by atoms with Crippen LogP contribution in [0.3, 0.4) is 0 Å². The number of hydrogen-bond acceptors (Lipinski definition) is 3. The molecule has 0 aliphatic rings. The van der Waals surface area contributed by atoms with Crippen LogP contribution in [0.5, 0.6) is 0 Å². The number of amides is 2. The maximum absolute atomic E-state index is 11.5. The summed E-state index contributed by atoms with van der Waals surface area (Å²) in [5, 5.41) is 11.2. The molecule has 0 bridgehead atoms. The fourth-order valence-electron chi connectivity index (χ4n) is 1.31. The van der Waals surface area contributed by atoms with Crippen LogP contribution in [0.25, 0.3) is 0 Å². The summed E-state index contributed by atoms with van der Waals surface area (Å²) in [5.74, 6) is -1.03. The van der Waals surface area contributed by atoms with Gasteiger partial charge in [0, 0.05) is 14.2 Å². The second-order valence-electron chi connectivity index (χ2n) is 3.64. The van der Waals surface area contributed by atoms with E-state index in [-0.39, 0.29) is 12.6 Å². The number of carbonyl (C=O) groups is 2. The van der Waals surface area contributed by atoms with E-state index in [0.29, 0.717) is 6.61 Å². The Morgan fingerprint density at radius 2 is 2.12 bits per heavy atom. The van der Waals surface area contributed by atoms with Gasteiger partial charge in [0.2, 0.25) is 0 Å². The van der Waals surface area contributed by atoms with Gasteiger partial charge in [0.05, 0.1) is 12.6 Å². The minimum absolute atomic E-state index is 0.0706. The van der Waals surface area contributed by atoms with Crippen molar-refractivity contribution < 1.29 is 19.4 Å². The van der Waals surface area contributed by atoms with Gasteiger partial charge in [-0.2, -0.15) is 0 Å². The number of methoxy groups -OCH3 is 1. The lowest BCUT2D eigenvalue weighted by molar-refractivity contribution is -0.137. The quantitative estimate of drug-likeness (QED) is 0.671. The molecule has 0 aromatic heterocycles. The number of aliphatic carboxylic acids is 1. The van der Waals surface area contributed by atoms with Crippen LogP contribution in [0, 0.1) is 0 Å². The smallest absolute Gasteiger partial charge is 0.323 e. The zero-order chi connectivity index (χ0) is 12.6. The van der Waals surface area contributed by atoms with Crippen LogP contribution in [-0.2, 0) is 9.53 Å². The van der Waals surface area contributed by atoms with Gasteiger partial charge >= 0.3 is 12.0 Å². The summed E-state index contributed by atoms with van der Waals surface area (Å²) < 4.78 is 4.97. The topological polar surface area (TPSA) is 78.9 Å². The molecule has 0 aromatic rings. The molecule has 0 spiro atoms. The minimum atomic E-state index is -1.03. The van der Waals surface area contributed by atoms with Gasteiger partial charge in [0.25, 0.3) is 0 Å². The molecule has 2 N–H and O–H groups in total. The van der Waals surface area contributed by atoms with E-state index in [1.54, 1.807) is 7.11 Å². The molecule has 94 valence electrons. The van der Waals surface area contributed by atoms with Crippen LogP contribution >= 0.6 is 0 Å². The molecular weight excluding hydrogens is 212 g/mol. The minimum Gasteiger partial charge on any atom is -0.480 e. The number of nitrogens with zero attached hydrogens (tertiary/aromatic N) is 1. The Labute approximate surface area is 95.6 Å². The van der Waals surface area contributed by atoms with Crippen molar-refractivity contribution in [3.8, 4) is 0 Å². The standard InChI is InChI=1S/C10H20N2O4/c1-4-5-8(7-16-3)11-10(15)12(2)6-9(13)14/h8H,4-7H2,1-3H3,(H,11,15)(H,13,14). The predicted molar refractivity (Wildman–Crippen MR) is 59.4 cm³/mol. The van der Waals surface area contributed by atoms with Crippen molar-refractivity contribution in [1.82, 2.24) is 10.2 Å². The number of urea groups is 1. The number of carboxylic acids is 1. The SMILES string of the molecule is CCCC(COC)NC(=O)N(C)CC(=O)O. The first-order chi connectivity index (χ1) is 7.51. The van der Waals surface area contributed by atoms with Gasteiger partial charge in [-0.1, -0.05) is 13.3 Å². The number of nitrogens with one attached hydrogen (secondary N) is 1. The summed E-state index contributed by atoms with van der Waals surface area (Å²) in [6.45, 7) is 2.13. The molecule has 1 unspecified atom stereocenters. The lowest BCUT2D eigenvalue weighted by Crippen LogP contribution is -2.46. The Hall–Kier alpha value is -1.30. The van der Waals surface area contributed by atoms with Crippen LogP contribution in [0.1, 0.15) is 19.8 Å². The van der Waals surface area contributed by atoms with Gasteiger partial charge < -0.3 is 20.1 Å². The average Bonchev–Trinajstić information content (AvgIpc) is 2.17. The molecule has 0 aliphatic heterocycles. The van der Waals surface area contributed by atoms with Gasteiger partial charge in [-0.05, 0) is 6.42 Å². The van der Waals surface area contributed by atoms with E-state index in [1.807, 2.05) is 6.92 Å². The van der Waals surface area contributed by atoms with Crippen molar-refractivity contribution in [3.05, 3.63) is 0 Å². The maximum Gasteiger partial charge on any atom is 0.323 e. The first-order valence-electron chi connectivity index (χ1n) is 5.23. The lowest BCUT2D eigenvalue weighted by Gasteiger charge is -2.21. The fourth-order valence-corrected chi connectivity index (χ4v) is 1.31. The summed E-state index contributed by atoms with van der Waals surface area (Å²) in [7, 11) is 3.01. The third-order valence-electron chi connectivity index (χ3n) is 2.05. The van der Waals surface area contributed by atoms with Crippen molar-refractivity contribution in [1.29, 1.82) is 0 Å². The number of carbonyl (C=O) groups excluding carboxylic acids is 1. The van der Waals surface area contributed by atoms with E-state index < -0.39 is 12.0 Å². The third-order valence-corrected chi connectivity index (χ3v) is 2.05. The lowest BCUT2D eigenvalue weighted by atomic mass is 10.2. The molecule has 0 aliphatic carbocycles. The summed E-state index contributed by atoms with van der Waals surface area (Å²) in [5.41, 5.74) is 0. The first kappa shape index (κ1) is 14.7. The van der Waals surface area contributed by atoms with Crippen LogP contribution < -0.4 is 5.32 Å². The Morgan fingerprint density at radius 3 is 2.56 bits per heavy atom. The highest BCUT2D eigenvalue weighted by molar-refractivity contribution is 5.79. The number of likely N-dealkylation sites (N-methyl/N-ethyl adjacent to an activating group) is 1. The predicted octanol–water partition coefficient (Wildman–Crippen LogP) is 0.527. The van der Waals surface area contributed by atoms with Crippen LogP contribution in [0.2, 0.25) is 0 Å². The summed E-state index contributed by atoms with van der Waals surface area (Å²) in [6.07, 6.45) is 1.73. The Bertz CT molecular complexity index is 227. The first-order valence-corrected chi connectivity index (χ1v) is 5.23. The number of ether oxygens (including phenoxy) is 1. The van der Waals surface area contributed by atoms with Gasteiger partial charge in [-0.15, -0.1) is 0 Å². The molecule has 6 nitrogen and oxygen atoms in total. The molecule has 1 atom stereocenters. The molecule has 2 amide bonds. The van der Waals surface area contributed by atoms with Gasteiger partial charge in [-0.25, -0.2) is 4.79 Å². The molecule has 0 heterocycles. The largest absolute Gasteiger partial charge is 0.480 e. The van der Waals surface area contributed by atoms with Crippen molar-refractivity contribution in [2.24, 2.45) is 0 Å². The molecule has 0 rings (SSSR count). The number of rotatable bonds is 7. The van der Waals surface area contributed by atoms with Crippen LogP contribution in [0.15, 0.2) is 0 Å². The van der Waals surface area contributed by atoms with Gasteiger partial charge in [0.1, 0.15) is 6.54 Å². The van der Waals surface area contributed by atoms with Crippen LogP contribution in [0.4, 0.5) is 4.79 Å². The Kier molecular flexibility index (Phi) is 7.28. The van der Waals surface area contributed by atoms with E-state index in [4.69, 9.17) is 9.84 Å². The molecule has 0 saturated heterocycles. The molecular formula is C10H20N2O4. The zero-order valence-electron chi connectivity index (χ0n) is 10.0. The van der Waals surface area contributed by atoms with Gasteiger partial charge in [-0.3, -0.25) is 4.79 Å². The molecule has 6 heteroatoms. The summed E-state index contributed by atoms with van der Waals surface area (Å²) >= 11 is 0.